The number of nitrogens with zero attached hydrogens (tertiary/aromatic N) is 1. The van der Waals surface area contributed by atoms with E-state index in [2.05, 4.69) is 0 Å². The Morgan fingerprint density at radius 3 is 2.29 bits per heavy atom. The lowest BCUT2D eigenvalue weighted by Gasteiger charge is -2.20. The number of aliphatic carboxylic acids is 1. The number of hydrogen-bond donors (Lipinski definition) is 2. The van der Waals surface area contributed by atoms with Crippen LogP contribution in [0.25, 0.3) is 0 Å². The summed E-state index contributed by atoms with van der Waals surface area (Å²) in [7, 11) is 0. The molecule has 0 fully saturated rings. The van der Waals surface area contributed by atoms with Gasteiger partial charge in [-0.3, -0.25) is 14.5 Å². The van der Waals surface area contributed by atoms with Crippen LogP contribution in [0.5, 0.6) is 5.75 Å². The lowest BCUT2D eigenvalue weighted by molar-refractivity contribution is -0.135. The van der Waals surface area contributed by atoms with Gasteiger partial charge in [0.15, 0.2) is 0 Å². The highest BCUT2D eigenvalue weighted by atomic mass is 16.4. The van der Waals surface area contributed by atoms with E-state index in [0.29, 0.717) is 22.8 Å². The van der Waals surface area contributed by atoms with Gasteiger partial charge in [-0.05, 0) is 44.2 Å². The molecule has 2 N–H and O–H groups in total. The molecule has 6 nitrogen and oxygen atoms in total. The first-order chi connectivity index (χ1) is 9.88. The molecule has 1 amide bonds. The van der Waals surface area contributed by atoms with Crippen LogP contribution in [-0.2, 0) is 4.79 Å². The van der Waals surface area contributed by atoms with Crippen molar-refractivity contribution >= 4 is 17.6 Å². The molecule has 110 valence electrons. The van der Waals surface area contributed by atoms with Crippen LogP contribution in [0.3, 0.4) is 0 Å². The number of carboxylic acids is 1. The molecule has 1 aromatic carbocycles. The Morgan fingerprint density at radius 2 is 1.81 bits per heavy atom. The number of phenolic OH excluding ortho intramolecular Hbond substituents is 1. The molecular formula is C15H15NO5. The topological polar surface area (TPSA) is 91.0 Å². The number of hydrogen-bond acceptors (Lipinski definition) is 4. The van der Waals surface area contributed by atoms with Crippen molar-refractivity contribution in [1.29, 1.82) is 0 Å². The molecule has 2 rings (SSSR count). The number of carbonyl (C=O) groups is 2. The predicted molar refractivity (Wildman–Crippen MR) is 75.6 cm³/mol. The van der Waals surface area contributed by atoms with Gasteiger partial charge in [-0.1, -0.05) is 0 Å². The van der Waals surface area contributed by atoms with Crippen LogP contribution in [-0.4, -0.2) is 28.6 Å². The number of carboxylic acid groups (broad SMARTS) is 1. The maximum absolute atomic E-state index is 12.5. The van der Waals surface area contributed by atoms with Crippen LogP contribution in [0.15, 0.2) is 34.7 Å². The SMILES string of the molecule is Cc1cc(C(=O)N(CC(=O)O)c2ccc(O)cc2)c(C)o1. The second kappa shape index (κ2) is 5.70. The summed E-state index contributed by atoms with van der Waals surface area (Å²) < 4.78 is 5.31. The smallest absolute Gasteiger partial charge is 0.323 e. The van der Waals surface area contributed by atoms with E-state index in [-0.39, 0.29) is 5.75 Å². The number of aryl methyl sites for hydroxylation is 2. The second-order valence-electron chi connectivity index (χ2n) is 4.63. The zero-order chi connectivity index (χ0) is 15.6. The Hall–Kier alpha value is -2.76. The van der Waals surface area contributed by atoms with E-state index >= 15 is 0 Å². The number of rotatable bonds is 4. The molecule has 0 aliphatic rings. The van der Waals surface area contributed by atoms with Crippen molar-refractivity contribution in [3.05, 3.63) is 47.4 Å². The van der Waals surface area contributed by atoms with Gasteiger partial charge in [0, 0.05) is 5.69 Å². The number of amides is 1. The molecule has 0 spiro atoms. The summed E-state index contributed by atoms with van der Waals surface area (Å²) in [6, 6.07) is 7.33. The van der Waals surface area contributed by atoms with Gasteiger partial charge in [0.2, 0.25) is 0 Å². The van der Waals surface area contributed by atoms with E-state index in [1.165, 1.54) is 24.3 Å². The van der Waals surface area contributed by atoms with E-state index in [1.54, 1.807) is 19.9 Å². The quantitative estimate of drug-likeness (QED) is 0.901. The molecule has 1 aromatic heterocycles. The number of aromatic hydroxyl groups is 1. The minimum atomic E-state index is -1.13. The lowest BCUT2D eigenvalue weighted by Crippen LogP contribution is -2.35. The van der Waals surface area contributed by atoms with Crippen molar-refractivity contribution in [1.82, 2.24) is 0 Å². The molecule has 6 heteroatoms. The normalized spacial score (nSPS) is 10.4. The van der Waals surface area contributed by atoms with Gasteiger partial charge in [-0.2, -0.15) is 0 Å². The molecule has 2 aromatic rings. The highest BCUT2D eigenvalue weighted by Gasteiger charge is 2.23. The van der Waals surface area contributed by atoms with Crippen molar-refractivity contribution in [3.63, 3.8) is 0 Å². The molecule has 0 saturated heterocycles. The van der Waals surface area contributed by atoms with Gasteiger partial charge in [0.1, 0.15) is 23.8 Å². The average molecular weight is 289 g/mol. The fourth-order valence-corrected chi connectivity index (χ4v) is 2.04. The van der Waals surface area contributed by atoms with Crippen molar-refractivity contribution in [2.24, 2.45) is 0 Å². The zero-order valence-corrected chi connectivity index (χ0v) is 11.7. The molecule has 0 aliphatic heterocycles. The Bertz CT molecular complexity index is 672. The molecule has 0 radical (unpaired) electrons. The van der Waals surface area contributed by atoms with E-state index in [4.69, 9.17) is 9.52 Å². The molecule has 0 unspecified atom stereocenters. The number of carbonyl (C=O) groups excluding carboxylic acids is 1. The monoisotopic (exact) mass is 289 g/mol. The van der Waals surface area contributed by atoms with E-state index in [0.717, 1.165) is 4.90 Å². The van der Waals surface area contributed by atoms with Gasteiger partial charge in [-0.15, -0.1) is 0 Å². The Morgan fingerprint density at radius 1 is 1.19 bits per heavy atom. The van der Waals surface area contributed by atoms with Gasteiger partial charge in [-0.25, -0.2) is 0 Å². The van der Waals surface area contributed by atoms with Crippen molar-refractivity contribution in [3.8, 4) is 5.75 Å². The summed E-state index contributed by atoms with van der Waals surface area (Å²) >= 11 is 0. The fourth-order valence-electron chi connectivity index (χ4n) is 2.04. The molecule has 0 bridgehead atoms. The van der Waals surface area contributed by atoms with E-state index in [1.807, 2.05) is 0 Å². The highest BCUT2D eigenvalue weighted by molar-refractivity contribution is 6.08. The summed E-state index contributed by atoms with van der Waals surface area (Å²) in [5.41, 5.74) is 0.709. The fraction of sp³-hybridized carbons (Fsp3) is 0.200. The number of phenols is 1. The second-order valence-corrected chi connectivity index (χ2v) is 4.63. The third-order valence-electron chi connectivity index (χ3n) is 2.97. The number of benzene rings is 1. The predicted octanol–water partition coefficient (Wildman–Crippen LogP) is 2.33. The van der Waals surface area contributed by atoms with Crippen molar-refractivity contribution in [2.45, 2.75) is 13.8 Å². The van der Waals surface area contributed by atoms with Crippen LogP contribution in [0.2, 0.25) is 0 Å². The van der Waals surface area contributed by atoms with Crippen molar-refractivity contribution in [2.75, 3.05) is 11.4 Å². The molecule has 0 atom stereocenters. The summed E-state index contributed by atoms with van der Waals surface area (Å²) in [4.78, 5) is 24.7. The Balaban J connectivity index is 2.40. The van der Waals surface area contributed by atoms with Gasteiger partial charge in [0.05, 0.1) is 5.56 Å². The third kappa shape index (κ3) is 3.22. The van der Waals surface area contributed by atoms with Crippen LogP contribution in [0.1, 0.15) is 21.9 Å². The Kier molecular flexibility index (Phi) is 3.98. The largest absolute Gasteiger partial charge is 0.508 e. The molecule has 0 saturated carbocycles. The van der Waals surface area contributed by atoms with Crippen LogP contribution >= 0.6 is 0 Å². The van der Waals surface area contributed by atoms with Crippen molar-refractivity contribution < 1.29 is 24.2 Å². The van der Waals surface area contributed by atoms with Gasteiger partial charge >= 0.3 is 5.97 Å². The molecule has 0 aliphatic carbocycles. The van der Waals surface area contributed by atoms with Gasteiger partial charge in [0.25, 0.3) is 5.91 Å². The summed E-state index contributed by atoms with van der Waals surface area (Å²) in [5, 5.41) is 18.3. The maximum atomic E-state index is 12.5. The van der Waals surface area contributed by atoms with Crippen LogP contribution in [0.4, 0.5) is 5.69 Å². The molecular weight excluding hydrogens is 274 g/mol. The van der Waals surface area contributed by atoms with Gasteiger partial charge < -0.3 is 14.6 Å². The third-order valence-corrected chi connectivity index (χ3v) is 2.97. The zero-order valence-electron chi connectivity index (χ0n) is 11.7. The lowest BCUT2D eigenvalue weighted by atomic mass is 10.2. The standard InChI is InChI=1S/C15H15NO5/c1-9-7-13(10(2)21-9)15(20)16(8-14(18)19)11-3-5-12(17)6-4-11/h3-7,17H,8H2,1-2H3,(H,18,19). The van der Waals surface area contributed by atoms with Crippen LogP contribution in [0, 0.1) is 13.8 Å². The summed E-state index contributed by atoms with van der Waals surface area (Å²) in [6.07, 6.45) is 0. The average Bonchev–Trinajstić information content (AvgIpc) is 2.75. The van der Waals surface area contributed by atoms with E-state index in [9.17, 15) is 14.7 Å². The minimum absolute atomic E-state index is 0.0387. The Labute approximate surface area is 121 Å². The van der Waals surface area contributed by atoms with Crippen LogP contribution < -0.4 is 4.90 Å². The molecule has 1 heterocycles. The maximum Gasteiger partial charge on any atom is 0.323 e. The number of furan rings is 1. The van der Waals surface area contributed by atoms with E-state index < -0.39 is 18.4 Å². The minimum Gasteiger partial charge on any atom is -0.508 e. The first kappa shape index (κ1) is 14.6. The highest BCUT2D eigenvalue weighted by Crippen LogP contribution is 2.23. The first-order valence-electron chi connectivity index (χ1n) is 6.28. The molecule has 21 heavy (non-hydrogen) atoms. The summed E-state index contributed by atoms with van der Waals surface area (Å²) in [6.45, 7) is 2.88. The summed E-state index contributed by atoms with van der Waals surface area (Å²) in [5.74, 6) is -0.535. The first-order valence-corrected chi connectivity index (χ1v) is 6.28. The number of anilines is 1.